The van der Waals surface area contributed by atoms with Crippen molar-refractivity contribution in [2.75, 3.05) is 12.8 Å². The summed E-state index contributed by atoms with van der Waals surface area (Å²) >= 11 is 0. The van der Waals surface area contributed by atoms with E-state index in [2.05, 4.69) is 0 Å². The summed E-state index contributed by atoms with van der Waals surface area (Å²) in [5.74, 6) is 1.14. The van der Waals surface area contributed by atoms with Gasteiger partial charge in [-0.25, -0.2) is 4.39 Å². The van der Waals surface area contributed by atoms with E-state index in [0.717, 1.165) is 0 Å². The molecule has 2 aromatic rings. The number of hydrogen-bond acceptors (Lipinski definition) is 3. The molecular formula is C15H16FNO2. The number of nitrogens with two attached hydrogens (primary N) is 1. The summed E-state index contributed by atoms with van der Waals surface area (Å²) in [4.78, 5) is 0. The van der Waals surface area contributed by atoms with Crippen LogP contribution in [0, 0.1) is 5.82 Å². The van der Waals surface area contributed by atoms with Gasteiger partial charge >= 0.3 is 0 Å². The zero-order valence-electron chi connectivity index (χ0n) is 10.9. The maximum Gasteiger partial charge on any atom is 0.172 e. The van der Waals surface area contributed by atoms with E-state index in [9.17, 15) is 4.39 Å². The maximum atomic E-state index is 13.8. The average Bonchev–Trinajstić information content (AvgIpc) is 2.42. The number of ether oxygens (including phenoxy) is 2. The Kier molecular flexibility index (Phi) is 3.90. The summed E-state index contributed by atoms with van der Waals surface area (Å²) in [7, 11) is 1.53. The van der Waals surface area contributed by atoms with E-state index in [0.29, 0.717) is 34.9 Å². The van der Waals surface area contributed by atoms with Gasteiger partial charge in [0.05, 0.1) is 7.11 Å². The number of benzene rings is 2. The molecule has 4 heteroatoms. The Morgan fingerprint density at radius 1 is 1.11 bits per heavy atom. The Hall–Kier alpha value is -2.23. The molecule has 0 saturated carbocycles. The number of methoxy groups -OCH3 is 1. The molecule has 0 aliphatic carbocycles. The van der Waals surface area contributed by atoms with E-state index in [1.54, 1.807) is 30.3 Å². The smallest absolute Gasteiger partial charge is 0.172 e. The second kappa shape index (κ2) is 5.61. The Balaban J connectivity index is 2.33. The van der Waals surface area contributed by atoms with Crippen LogP contribution in [-0.2, 0) is 6.42 Å². The predicted octanol–water partition coefficient (Wildman–Crippen LogP) is 3.77. The summed E-state index contributed by atoms with van der Waals surface area (Å²) < 4.78 is 24.6. The van der Waals surface area contributed by atoms with Crippen LogP contribution >= 0.6 is 0 Å². The van der Waals surface area contributed by atoms with Gasteiger partial charge < -0.3 is 15.2 Å². The minimum atomic E-state index is -0.297. The fraction of sp³-hybridized carbons (Fsp3) is 0.200. The van der Waals surface area contributed by atoms with E-state index in [1.807, 2.05) is 6.92 Å². The minimum Gasteiger partial charge on any atom is -0.493 e. The predicted molar refractivity (Wildman–Crippen MR) is 73.3 cm³/mol. The third-order valence-electron chi connectivity index (χ3n) is 2.82. The van der Waals surface area contributed by atoms with Crippen LogP contribution in [0.2, 0.25) is 0 Å². The molecule has 0 aliphatic heterocycles. The Morgan fingerprint density at radius 2 is 1.79 bits per heavy atom. The van der Waals surface area contributed by atoms with E-state index in [-0.39, 0.29) is 5.82 Å². The van der Waals surface area contributed by atoms with Crippen LogP contribution in [0.3, 0.4) is 0 Å². The lowest BCUT2D eigenvalue weighted by Crippen LogP contribution is -1.95. The molecule has 2 rings (SSSR count). The molecule has 0 fully saturated rings. The number of nitrogen functional groups attached to an aromatic ring is 1. The summed E-state index contributed by atoms with van der Waals surface area (Å²) in [5, 5.41) is 0. The molecule has 0 saturated heterocycles. The maximum absolute atomic E-state index is 13.8. The average molecular weight is 261 g/mol. The third-order valence-corrected chi connectivity index (χ3v) is 2.82. The van der Waals surface area contributed by atoms with Crippen LogP contribution in [0.1, 0.15) is 12.5 Å². The second-order valence-electron chi connectivity index (χ2n) is 4.12. The quantitative estimate of drug-likeness (QED) is 0.852. The molecule has 0 atom stereocenters. The summed E-state index contributed by atoms with van der Waals surface area (Å²) in [6, 6.07) is 9.88. The van der Waals surface area contributed by atoms with Gasteiger partial charge in [0.1, 0.15) is 11.6 Å². The highest BCUT2D eigenvalue weighted by Gasteiger charge is 2.11. The molecule has 0 amide bonds. The van der Waals surface area contributed by atoms with Gasteiger partial charge in [0, 0.05) is 11.8 Å². The number of anilines is 1. The molecule has 0 bridgehead atoms. The topological polar surface area (TPSA) is 44.5 Å². The minimum absolute atomic E-state index is 0.297. The number of rotatable bonds is 4. The molecule has 3 nitrogen and oxygen atoms in total. The lowest BCUT2D eigenvalue weighted by Gasteiger charge is -2.12. The number of hydrogen-bond donors (Lipinski definition) is 1. The summed E-state index contributed by atoms with van der Waals surface area (Å²) in [6.07, 6.45) is 0.602. The number of halogens is 1. The normalized spacial score (nSPS) is 10.3. The van der Waals surface area contributed by atoms with Crippen molar-refractivity contribution in [2.24, 2.45) is 0 Å². The van der Waals surface area contributed by atoms with Crippen molar-refractivity contribution in [1.29, 1.82) is 0 Å². The van der Waals surface area contributed by atoms with Crippen molar-refractivity contribution in [3.05, 3.63) is 47.8 Å². The van der Waals surface area contributed by atoms with Crippen LogP contribution in [-0.4, -0.2) is 7.11 Å². The van der Waals surface area contributed by atoms with Gasteiger partial charge in [0.25, 0.3) is 0 Å². The van der Waals surface area contributed by atoms with Crippen molar-refractivity contribution in [2.45, 2.75) is 13.3 Å². The SMILES string of the molecule is CCc1cc(OC)c(Oc2ccc(N)cc2)cc1F. The lowest BCUT2D eigenvalue weighted by molar-refractivity contribution is 0.375. The van der Waals surface area contributed by atoms with E-state index in [4.69, 9.17) is 15.2 Å². The van der Waals surface area contributed by atoms with Gasteiger partial charge in [0.2, 0.25) is 0 Å². The highest BCUT2D eigenvalue weighted by Crippen LogP contribution is 2.34. The van der Waals surface area contributed by atoms with Gasteiger partial charge in [-0.1, -0.05) is 6.92 Å². The van der Waals surface area contributed by atoms with Gasteiger partial charge in [-0.2, -0.15) is 0 Å². The van der Waals surface area contributed by atoms with E-state index >= 15 is 0 Å². The molecule has 0 unspecified atom stereocenters. The highest BCUT2D eigenvalue weighted by atomic mass is 19.1. The molecule has 100 valence electrons. The molecule has 19 heavy (non-hydrogen) atoms. The molecule has 2 N–H and O–H groups in total. The van der Waals surface area contributed by atoms with Gasteiger partial charge in [-0.15, -0.1) is 0 Å². The van der Waals surface area contributed by atoms with Crippen LogP contribution in [0.4, 0.5) is 10.1 Å². The monoisotopic (exact) mass is 261 g/mol. The first-order valence-electron chi connectivity index (χ1n) is 6.04. The van der Waals surface area contributed by atoms with Crippen LogP contribution in [0.25, 0.3) is 0 Å². The van der Waals surface area contributed by atoms with Crippen molar-refractivity contribution in [1.82, 2.24) is 0 Å². The van der Waals surface area contributed by atoms with Crippen LogP contribution in [0.5, 0.6) is 17.2 Å². The first kappa shape index (κ1) is 13.2. The van der Waals surface area contributed by atoms with E-state index in [1.165, 1.54) is 13.2 Å². The fourth-order valence-corrected chi connectivity index (χ4v) is 1.75. The molecule has 0 spiro atoms. The molecule has 0 aromatic heterocycles. The van der Waals surface area contributed by atoms with Crippen molar-refractivity contribution < 1.29 is 13.9 Å². The Labute approximate surface area is 111 Å². The fourth-order valence-electron chi connectivity index (χ4n) is 1.75. The highest BCUT2D eigenvalue weighted by molar-refractivity contribution is 5.48. The molecule has 0 aliphatic rings. The zero-order valence-corrected chi connectivity index (χ0v) is 10.9. The van der Waals surface area contributed by atoms with Gasteiger partial charge in [-0.3, -0.25) is 0 Å². The molecular weight excluding hydrogens is 245 g/mol. The van der Waals surface area contributed by atoms with Crippen molar-refractivity contribution in [3.8, 4) is 17.2 Å². The summed E-state index contributed by atoms with van der Waals surface area (Å²) in [6.45, 7) is 1.89. The van der Waals surface area contributed by atoms with Gasteiger partial charge in [-0.05, 0) is 42.3 Å². The van der Waals surface area contributed by atoms with Gasteiger partial charge in [0.15, 0.2) is 11.5 Å². The van der Waals surface area contributed by atoms with Crippen LogP contribution in [0.15, 0.2) is 36.4 Å². The molecule has 0 heterocycles. The van der Waals surface area contributed by atoms with Crippen molar-refractivity contribution in [3.63, 3.8) is 0 Å². The molecule has 2 aromatic carbocycles. The first-order chi connectivity index (χ1) is 9.13. The number of aryl methyl sites for hydroxylation is 1. The standard InChI is InChI=1S/C15H16FNO2/c1-3-10-8-14(18-2)15(9-13(10)16)19-12-6-4-11(17)5-7-12/h4-9H,3,17H2,1-2H3. The lowest BCUT2D eigenvalue weighted by atomic mass is 10.1. The first-order valence-corrected chi connectivity index (χ1v) is 6.04. The van der Waals surface area contributed by atoms with Crippen molar-refractivity contribution >= 4 is 5.69 Å². The Bertz CT molecular complexity index is 567. The largest absolute Gasteiger partial charge is 0.493 e. The van der Waals surface area contributed by atoms with Crippen LogP contribution < -0.4 is 15.2 Å². The Morgan fingerprint density at radius 3 is 2.37 bits per heavy atom. The molecule has 0 radical (unpaired) electrons. The third kappa shape index (κ3) is 2.96. The zero-order chi connectivity index (χ0) is 13.8. The summed E-state index contributed by atoms with van der Waals surface area (Å²) in [5.41, 5.74) is 6.84. The second-order valence-corrected chi connectivity index (χ2v) is 4.12. The van der Waals surface area contributed by atoms with E-state index < -0.39 is 0 Å².